The smallest absolute Gasteiger partial charge is 0.287 e. The second-order valence-corrected chi connectivity index (χ2v) is 5.48. The Morgan fingerprint density at radius 1 is 1.58 bits per heavy atom. The van der Waals surface area contributed by atoms with Crippen molar-refractivity contribution < 1.29 is 4.74 Å². The van der Waals surface area contributed by atoms with Crippen LogP contribution in [0.1, 0.15) is 39.7 Å². The van der Waals surface area contributed by atoms with Gasteiger partial charge in [0.25, 0.3) is 5.56 Å². The lowest BCUT2D eigenvalue weighted by Crippen LogP contribution is -2.41. The van der Waals surface area contributed by atoms with Crippen LogP contribution in [0.25, 0.3) is 0 Å². The fourth-order valence-corrected chi connectivity index (χ4v) is 2.38. The van der Waals surface area contributed by atoms with Gasteiger partial charge >= 0.3 is 0 Å². The summed E-state index contributed by atoms with van der Waals surface area (Å²) in [5.41, 5.74) is 0.367. The second-order valence-electron chi connectivity index (χ2n) is 5.11. The third kappa shape index (κ3) is 3.09. The van der Waals surface area contributed by atoms with Gasteiger partial charge in [-0.2, -0.15) is 5.10 Å². The Hall–Kier alpha value is -1.07. The van der Waals surface area contributed by atoms with E-state index >= 15 is 0 Å². The van der Waals surface area contributed by atoms with Crippen LogP contribution in [0.15, 0.2) is 11.0 Å². The Bertz CT molecular complexity index is 495. The van der Waals surface area contributed by atoms with Crippen molar-refractivity contribution in [3.8, 4) is 0 Å². The molecule has 0 radical (unpaired) electrons. The minimum Gasteiger partial charge on any atom is -0.379 e. The molecule has 6 heteroatoms. The van der Waals surface area contributed by atoms with Gasteiger partial charge in [0.2, 0.25) is 0 Å². The van der Waals surface area contributed by atoms with Crippen LogP contribution in [-0.2, 0) is 4.74 Å². The average molecular weight is 286 g/mol. The lowest BCUT2D eigenvalue weighted by Gasteiger charge is -2.36. The highest BCUT2D eigenvalue weighted by Gasteiger charge is 2.30. The van der Waals surface area contributed by atoms with E-state index in [1.54, 1.807) is 6.20 Å². The summed E-state index contributed by atoms with van der Waals surface area (Å²) in [5.74, 6) is 0. The first-order valence-electron chi connectivity index (χ1n) is 6.68. The van der Waals surface area contributed by atoms with Gasteiger partial charge in [0.05, 0.1) is 24.0 Å². The predicted molar refractivity (Wildman–Crippen MR) is 76.0 cm³/mol. The number of hydrogen-bond acceptors (Lipinski definition) is 4. The average Bonchev–Trinajstić information content (AvgIpc) is 2.31. The van der Waals surface area contributed by atoms with E-state index in [1.807, 2.05) is 20.8 Å². The van der Waals surface area contributed by atoms with Crippen LogP contribution in [0.5, 0.6) is 0 Å². The highest BCUT2D eigenvalue weighted by molar-refractivity contribution is 6.32. The summed E-state index contributed by atoms with van der Waals surface area (Å²) in [6.45, 7) is 6.53. The van der Waals surface area contributed by atoms with Gasteiger partial charge in [-0.25, -0.2) is 4.68 Å². The van der Waals surface area contributed by atoms with Crippen LogP contribution in [0.4, 0.5) is 5.69 Å². The molecule has 1 fully saturated rings. The zero-order valence-electron chi connectivity index (χ0n) is 11.5. The number of anilines is 1. The maximum atomic E-state index is 12.0. The molecule has 0 spiro atoms. The van der Waals surface area contributed by atoms with Crippen LogP contribution in [0.2, 0.25) is 5.02 Å². The molecule has 0 saturated heterocycles. The topological polar surface area (TPSA) is 56.1 Å². The third-order valence-electron chi connectivity index (χ3n) is 3.29. The Morgan fingerprint density at radius 2 is 2.26 bits per heavy atom. The molecule has 0 bridgehead atoms. The van der Waals surface area contributed by atoms with Crippen molar-refractivity contribution in [2.45, 2.75) is 51.8 Å². The number of hydrogen-bond donors (Lipinski definition) is 1. The van der Waals surface area contributed by atoms with Crippen LogP contribution in [0.3, 0.4) is 0 Å². The van der Waals surface area contributed by atoms with Crippen molar-refractivity contribution in [1.29, 1.82) is 0 Å². The standard InChI is InChI=1S/C13H20ClN3O2/c1-4-19-10-5-9(6-10)16-11-7-15-17(8(2)3)13(18)12(11)14/h7-10,16H,4-6H2,1-3H3. The van der Waals surface area contributed by atoms with E-state index in [2.05, 4.69) is 10.4 Å². The van der Waals surface area contributed by atoms with Crippen LogP contribution in [-0.4, -0.2) is 28.5 Å². The maximum Gasteiger partial charge on any atom is 0.287 e. The fourth-order valence-electron chi connectivity index (χ4n) is 2.19. The van der Waals surface area contributed by atoms with Crippen LogP contribution in [0, 0.1) is 0 Å². The van der Waals surface area contributed by atoms with E-state index in [1.165, 1.54) is 4.68 Å². The predicted octanol–water partition coefficient (Wildman–Crippen LogP) is 2.46. The summed E-state index contributed by atoms with van der Waals surface area (Å²) in [4.78, 5) is 12.0. The highest BCUT2D eigenvalue weighted by atomic mass is 35.5. The molecule has 1 N–H and O–H groups in total. The zero-order chi connectivity index (χ0) is 14.0. The monoisotopic (exact) mass is 285 g/mol. The quantitative estimate of drug-likeness (QED) is 0.903. The van der Waals surface area contributed by atoms with E-state index < -0.39 is 0 Å². The number of nitrogens with zero attached hydrogens (tertiary/aromatic N) is 2. The van der Waals surface area contributed by atoms with Crippen molar-refractivity contribution in [2.75, 3.05) is 11.9 Å². The lowest BCUT2D eigenvalue weighted by molar-refractivity contribution is 0.00298. The molecule has 1 aromatic heterocycles. The second kappa shape index (κ2) is 5.92. The molecule has 0 unspecified atom stereocenters. The Morgan fingerprint density at radius 3 is 2.84 bits per heavy atom. The molecule has 1 aliphatic carbocycles. The summed E-state index contributed by atoms with van der Waals surface area (Å²) in [7, 11) is 0. The van der Waals surface area contributed by atoms with Gasteiger partial charge in [0.15, 0.2) is 0 Å². The van der Waals surface area contributed by atoms with Gasteiger partial charge in [-0.05, 0) is 33.6 Å². The van der Waals surface area contributed by atoms with Crippen molar-refractivity contribution >= 4 is 17.3 Å². The summed E-state index contributed by atoms with van der Waals surface area (Å²) in [6, 6.07) is 0.315. The minimum atomic E-state index is -0.248. The van der Waals surface area contributed by atoms with Gasteiger partial charge in [0, 0.05) is 12.6 Å². The molecule has 1 saturated carbocycles. The highest BCUT2D eigenvalue weighted by Crippen LogP contribution is 2.28. The van der Waals surface area contributed by atoms with Crippen LogP contribution < -0.4 is 10.9 Å². The zero-order valence-corrected chi connectivity index (χ0v) is 12.3. The maximum absolute atomic E-state index is 12.0. The van der Waals surface area contributed by atoms with Gasteiger partial charge in [-0.3, -0.25) is 4.79 Å². The van der Waals surface area contributed by atoms with E-state index in [0.717, 1.165) is 19.4 Å². The minimum absolute atomic E-state index is 0.00471. The van der Waals surface area contributed by atoms with Crippen molar-refractivity contribution in [1.82, 2.24) is 9.78 Å². The molecule has 0 aromatic carbocycles. The van der Waals surface area contributed by atoms with Crippen molar-refractivity contribution in [2.24, 2.45) is 0 Å². The summed E-state index contributed by atoms with van der Waals surface area (Å²) >= 11 is 6.10. The molecule has 19 heavy (non-hydrogen) atoms. The first-order valence-corrected chi connectivity index (χ1v) is 7.06. The molecular weight excluding hydrogens is 266 g/mol. The molecular formula is C13H20ClN3O2. The molecule has 1 heterocycles. The normalized spacial score (nSPS) is 22.4. The summed E-state index contributed by atoms with van der Waals surface area (Å²) in [5, 5.41) is 7.60. The number of aromatic nitrogens is 2. The molecule has 2 rings (SSSR count). The van der Waals surface area contributed by atoms with Crippen LogP contribution >= 0.6 is 11.6 Å². The Balaban J connectivity index is 2.03. The molecule has 0 atom stereocenters. The Kier molecular flexibility index (Phi) is 4.47. The first kappa shape index (κ1) is 14.3. The molecule has 1 aliphatic rings. The Labute approximate surface area is 117 Å². The van der Waals surface area contributed by atoms with E-state index in [-0.39, 0.29) is 16.6 Å². The summed E-state index contributed by atoms with van der Waals surface area (Å²) in [6.07, 6.45) is 3.83. The molecule has 106 valence electrons. The lowest BCUT2D eigenvalue weighted by atomic mass is 9.89. The largest absolute Gasteiger partial charge is 0.379 e. The fraction of sp³-hybridized carbons (Fsp3) is 0.692. The van der Waals surface area contributed by atoms with E-state index in [0.29, 0.717) is 17.8 Å². The SMILES string of the molecule is CCOC1CC(Nc2cnn(C(C)C)c(=O)c2Cl)C1. The van der Waals surface area contributed by atoms with Gasteiger partial charge in [0.1, 0.15) is 5.02 Å². The van der Waals surface area contributed by atoms with E-state index in [9.17, 15) is 4.79 Å². The molecule has 1 aromatic rings. The third-order valence-corrected chi connectivity index (χ3v) is 3.65. The van der Waals surface area contributed by atoms with Crippen molar-refractivity contribution in [3.05, 3.63) is 21.6 Å². The number of ether oxygens (including phenoxy) is 1. The van der Waals surface area contributed by atoms with Gasteiger partial charge < -0.3 is 10.1 Å². The first-order chi connectivity index (χ1) is 9.02. The van der Waals surface area contributed by atoms with E-state index in [4.69, 9.17) is 16.3 Å². The summed E-state index contributed by atoms with van der Waals surface area (Å²) < 4.78 is 6.88. The van der Waals surface area contributed by atoms with Crippen molar-refractivity contribution in [3.63, 3.8) is 0 Å². The number of nitrogens with one attached hydrogen (secondary N) is 1. The van der Waals surface area contributed by atoms with Gasteiger partial charge in [-0.1, -0.05) is 11.6 Å². The van der Waals surface area contributed by atoms with Gasteiger partial charge in [-0.15, -0.1) is 0 Å². The molecule has 0 aliphatic heterocycles. The molecule has 5 nitrogen and oxygen atoms in total. The molecule has 0 amide bonds. The number of halogens is 1. The number of rotatable bonds is 5.